The second-order valence-corrected chi connectivity index (χ2v) is 6.88. The summed E-state index contributed by atoms with van der Waals surface area (Å²) in [5, 5.41) is 13.2. The maximum Gasteiger partial charge on any atom is 0.227 e. The van der Waals surface area contributed by atoms with Gasteiger partial charge in [0.25, 0.3) is 0 Å². The number of halogens is 1. The number of nitriles is 1. The molecule has 28 heavy (non-hydrogen) atoms. The van der Waals surface area contributed by atoms with Gasteiger partial charge in [0.15, 0.2) is 0 Å². The monoisotopic (exact) mass is 374 g/mol. The second kappa shape index (κ2) is 7.65. The van der Waals surface area contributed by atoms with E-state index < -0.39 is 5.82 Å². The standard InChI is InChI=1S/C22H19FN4O/c23-18-6-2-4-8-20(18)26-22(28)15-9-11-27(12-10-15)21-16(13-24)14-25-19-7-3-1-5-17(19)21/h1-8,14-15H,9-12H2,(H,26,28). The first kappa shape index (κ1) is 17.9. The number of piperidine rings is 1. The summed E-state index contributed by atoms with van der Waals surface area (Å²) in [7, 11) is 0. The number of pyridine rings is 1. The first-order chi connectivity index (χ1) is 13.7. The molecular weight excluding hydrogens is 355 g/mol. The predicted octanol–water partition coefficient (Wildman–Crippen LogP) is 4.10. The average Bonchev–Trinajstić information content (AvgIpc) is 2.74. The molecule has 2 heterocycles. The normalized spacial score (nSPS) is 14.6. The number of aromatic nitrogens is 1. The molecule has 1 saturated heterocycles. The van der Waals surface area contributed by atoms with Crippen molar-refractivity contribution >= 4 is 28.2 Å². The van der Waals surface area contributed by atoms with E-state index in [4.69, 9.17) is 0 Å². The summed E-state index contributed by atoms with van der Waals surface area (Å²) in [5.41, 5.74) is 2.46. The fourth-order valence-electron chi connectivity index (χ4n) is 3.71. The van der Waals surface area contributed by atoms with Crippen molar-refractivity contribution in [1.82, 2.24) is 4.98 Å². The Balaban J connectivity index is 1.51. The Kier molecular flexibility index (Phi) is 4.90. The topological polar surface area (TPSA) is 69.0 Å². The first-order valence-electron chi connectivity index (χ1n) is 9.25. The third-order valence-electron chi connectivity index (χ3n) is 5.18. The van der Waals surface area contributed by atoms with Gasteiger partial charge >= 0.3 is 0 Å². The Morgan fingerprint density at radius 2 is 1.86 bits per heavy atom. The number of amides is 1. The lowest BCUT2D eigenvalue weighted by Gasteiger charge is -2.34. The summed E-state index contributed by atoms with van der Waals surface area (Å²) in [6, 6.07) is 16.2. The molecule has 0 saturated carbocycles. The highest BCUT2D eigenvalue weighted by molar-refractivity contribution is 5.95. The summed E-state index contributed by atoms with van der Waals surface area (Å²) >= 11 is 0. The number of hydrogen-bond acceptors (Lipinski definition) is 4. The van der Waals surface area contributed by atoms with Crippen molar-refractivity contribution in [3.63, 3.8) is 0 Å². The van der Waals surface area contributed by atoms with Crippen molar-refractivity contribution < 1.29 is 9.18 Å². The Morgan fingerprint density at radius 3 is 2.61 bits per heavy atom. The highest BCUT2D eigenvalue weighted by atomic mass is 19.1. The van der Waals surface area contributed by atoms with E-state index in [1.54, 1.807) is 24.4 Å². The van der Waals surface area contributed by atoms with E-state index in [1.165, 1.54) is 6.07 Å². The van der Waals surface area contributed by atoms with Crippen molar-refractivity contribution in [3.05, 3.63) is 66.1 Å². The minimum absolute atomic E-state index is 0.162. The van der Waals surface area contributed by atoms with E-state index >= 15 is 0 Å². The SMILES string of the molecule is N#Cc1cnc2ccccc2c1N1CCC(C(=O)Nc2ccccc2F)CC1. The van der Waals surface area contributed by atoms with Crippen molar-refractivity contribution in [2.45, 2.75) is 12.8 Å². The minimum atomic E-state index is -0.435. The van der Waals surface area contributed by atoms with Gasteiger partial charge in [0.1, 0.15) is 11.9 Å². The van der Waals surface area contributed by atoms with Gasteiger partial charge in [-0.15, -0.1) is 0 Å². The molecule has 5 nitrogen and oxygen atoms in total. The molecule has 1 amide bonds. The fraction of sp³-hybridized carbons (Fsp3) is 0.227. The maximum absolute atomic E-state index is 13.8. The molecule has 140 valence electrons. The van der Waals surface area contributed by atoms with Crippen LogP contribution in [0.15, 0.2) is 54.7 Å². The summed E-state index contributed by atoms with van der Waals surface area (Å²) in [4.78, 5) is 19.0. The van der Waals surface area contributed by atoms with Gasteiger partial charge in [-0.1, -0.05) is 30.3 Å². The summed E-state index contributed by atoms with van der Waals surface area (Å²) in [6.45, 7) is 1.30. The van der Waals surface area contributed by atoms with E-state index in [1.807, 2.05) is 24.3 Å². The van der Waals surface area contributed by atoms with Crippen LogP contribution in [0.1, 0.15) is 18.4 Å². The lowest BCUT2D eigenvalue weighted by Crippen LogP contribution is -2.38. The molecule has 1 aromatic heterocycles. The zero-order valence-corrected chi connectivity index (χ0v) is 15.2. The molecule has 3 aromatic rings. The summed E-state index contributed by atoms with van der Waals surface area (Å²) < 4.78 is 13.8. The average molecular weight is 374 g/mol. The van der Waals surface area contributed by atoms with Gasteiger partial charge in [0, 0.05) is 30.6 Å². The minimum Gasteiger partial charge on any atom is -0.370 e. The second-order valence-electron chi connectivity index (χ2n) is 6.88. The van der Waals surface area contributed by atoms with E-state index in [-0.39, 0.29) is 17.5 Å². The zero-order valence-electron chi connectivity index (χ0n) is 15.2. The number of fused-ring (bicyclic) bond motifs is 1. The molecule has 6 heteroatoms. The zero-order chi connectivity index (χ0) is 19.5. The molecule has 1 aliphatic rings. The third kappa shape index (κ3) is 3.39. The highest BCUT2D eigenvalue weighted by Gasteiger charge is 2.27. The van der Waals surface area contributed by atoms with Crippen molar-refractivity contribution in [2.24, 2.45) is 5.92 Å². The largest absolute Gasteiger partial charge is 0.370 e. The Morgan fingerprint density at radius 1 is 1.14 bits per heavy atom. The molecular formula is C22H19FN4O. The van der Waals surface area contributed by atoms with Crippen molar-refractivity contribution in [1.29, 1.82) is 5.26 Å². The number of hydrogen-bond donors (Lipinski definition) is 1. The van der Waals surface area contributed by atoms with Crippen LogP contribution in [-0.4, -0.2) is 24.0 Å². The quantitative estimate of drug-likeness (QED) is 0.749. The number of carbonyl (C=O) groups is 1. The van der Waals surface area contributed by atoms with Crippen LogP contribution in [0.5, 0.6) is 0 Å². The van der Waals surface area contributed by atoms with E-state index in [0.717, 1.165) is 16.6 Å². The van der Waals surface area contributed by atoms with Crippen LogP contribution in [0, 0.1) is 23.1 Å². The smallest absolute Gasteiger partial charge is 0.227 e. The highest BCUT2D eigenvalue weighted by Crippen LogP contribution is 2.32. The fourth-order valence-corrected chi connectivity index (χ4v) is 3.71. The molecule has 1 aliphatic heterocycles. The molecule has 0 aliphatic carbocycles. The molecule has 0 radical (unpaired) electrons. The third-order valence-corrected chi connectivity index (χ3v) is 5.18. The Labute approximate surface area is 162 Å². The van der Waals surface area contributed by atoms with Crippen molar-refractivity contribution in [3.8, 4) is 6.07 Å². The van der Waals surface area contributed by atoms with Crippen LogP contribution >= 0.6 is 0 Å². The van der Waals surface area contributed by atoms with Gasteiger partial charge in [-0.2, -0.15) is 5.26 Å². The van der Waals surface area contributed by atoms with Gasteiger partial charge in [0.05, 0.1) is 22.5 Å². The number of anilines is 2. The molecule has 0 bridgehead atoms. The molecule has 1 fully saturated rings. The lowest BCUT2D eigenvalue weighted by atomic mass is 9.94. The molecule has 0 unspecified atom stereocenters. The molecule has 2 aromatic carbocycles. The van der Waals surface area contributed by atoms with E-state index in [2.05, 4.69) is 21.3 Å². The van der Waals surface area contributed by atoms with Crippen LogP contribution in [0.4, 0.5) is 15.8 Å². The Hall–Kier alpha value is -3.46. The number of nitrogens with zero attached hydrogens (tertiary/aromatic N) is 3. The maximum atomic E-state index is 13.8. The van der Waals surface area contributed by atoms with E-state index in [0.29, 0.717) is 31.5 Å². The van der Waals surface area contributed by atoms with Gasteiger partial charge < -0.3 is 10.2 Å². The molecule has 0 atom stereocenters. The molecule has 1 N–H and O–H groups in total. The molecule has 0 spiro atoms. The predicted molar refractivity (Wildman–Crippen MR) is 106 cm³/mol. The van der Waals surface area contributed by atoms with Crippen LogP contribution < -0.4 is 10.2 Å². The van der Waals surface area contributed by atoms with Crippen LogP contribution in [0.2, 0.25) is 0 Å². The summed E-state index contributed by atoms with van der Waals surface area (Å²) in [6.07, 6.45) is 2.89. The Bertz CT molecular complexity index is 1070. The van der Waals surface area contributed by atoms with Gasteiger partial charge in [-0.3, -0.25) is 9.78 Å². The number of carbonyl (C=O) groups excluding carboxylic acids is 1. The number of rotatable bonds is 3. The van der Waals surface area contributed by atoms with Crippen LogP contribution in [-0.2, 0) is 4.79 Å². The van der Waals surface area contributed by atoms with E-state index in [9.17, 15) is 14.4 Å². The molecule has 4 rings (SSSR count). The van der Waals surface area contributed by atoms with Gasteiger partial charge in [0.2, 0.25) is 5.91 Å². The van der Waals surface area contributed by atoms with Crippen LogP contribution in [0.3, 0.4) is 0 Å². The number of para-hydroxylation sites is 2. The first-order valence-corrected chi connectivity index (χ1v) is 9.25. The lowest BCUT2D eigenvalue weighted by molar-refractivity contribution is -0.120. The number of nitrogens with one attached hydrogen (secondary N) is 1. The summed E-state index contributed by atoms with van der Waals surface area (Å²) in [5.74, 6) is -0.783. The van der Waals surface area contributed by atoms with Gasteiger partial charge in [-0.05, 0) is 31.0 Å². The van der Waals surface area contributed by atoms with Crippen molar-refractivity contribution in [2.75, 3.05) is 23.3 Å². The number of benzene rings is 2. The van der Waals surface area contributed by atoms with Gasteiger partial charge in [-0.25, -0.2) is 4.39 Å². The van der Waals surface area contributed by atoms with Crippen LogP contribution in [0.25, 0.3) is 10.9 Å².